The van der Waals surface area contributed by atoms with E-state index < -0.39 is 0 Å². The Kier molecular flexibility index (Phi) is 28.5. The predicted molar refractivity (Wildman–Crippen MR) is 27.0 cm³/mol. The summed E-state index contributed by atoms with van der Waals surface area (Å²) in [5.41, 5.74) is 0. The Morgan fingerprint density at radius 3 is 1.25 bits per heavy atom. The van der Waals surface area contributed by atoms with Crippen LogP contribution in [0.4, 0.5) is 0 Å². The molecule has 0 N–H and O–H groups in total. The molecule has 0 aliphatic carbocycles. The molecule has 0 aromatic rings. The topological polar surface area (TPSA) is 0 Å². The third kappa shape index (κ3) is 400. The smallest absolute Gasteiger partial charge is 0.0626 e. The molecule has 0 aromatic carbocycles. The zero-order valence-corrected chi connectivity index (χ0v) is 2.58. The fraction of sp³-hybridized carbons (Fsp3) is 0.667. The molecule has 4 heavy (non-hydrogen) atoms. The Labute approximate surface area is 29.8 Å². The molecule has 0 saturated heterocycles. The Morgan fingerprint density at radius 2 is 1.25 bits per heavy atom. The van der Waals surface area contributed by atoms with Gasteiger partial charge in [-0.2, -0.15) is 0 Å². The van der Waals surface area contributed by atoms with Crippen LogP contribution in [0.15, 0.2) is 0 Å². The molecule has 0 fully saturated rings. The third-order valence-corrected chi connectivity index (χ3v) is 0. The second-order valence-electron chi connectivity index (χ2n) is 0.577. The van der Waals surface area contributed by atoms with Crippen LogP contribution in [0, 0.1) is 6.42 Å². The zero-order valence-electron chi connectivity index (χ0n) is 2.58. The van der Waals surface area contributed by atoms with Crippen molar-refractivity contribution in [3.8, 4) is 0 Å². The van der Waals surface area contributed by atoms with Crippen LogP contribution in [0.2, 0.25) is 0 Å². The fourth-order valence-corrected chi connectivity index (χ4v) is 0. The highest BCUT2D eigenvalue weighted by Crippen LogP contribution is 1.53. The van der Waals surface area contributed by atoms with Gasteiger partial charge in [0.15, 0.2) is 0 Å². The molecule has 0 spiro atoms. The molecule has 0 rings (SSSR count). The second kappa shape index (κ2) is 12.6. The van der Waals surface area contributed by atoms with Gasteiger partial charge in [0.05, 0.1) is 20.3 Å². The van der Waals surface area contributed by atoms with Crippen LogP contribution in [0.5, 0.6) is 0 Å². The van der Waals surface area contributed by atoms with Crippen molar-refractivity contribution in [3.05, 3.63) is 6.42 Å². The normalized spacial score (nSPS) is 3.50. The predicted octanol–water partition coefficient (Wildman–Crippen LogP) is -0.221. The maximum atomic E-state index is 2.00. The van der Waals surface area contributed by atoms with Gasteiger partial charge in [-0.3, -0.25) is 0 Å². The molecule has 0 aliphatic rings. The van der Waals surface area contributed by atoms with Crippen LogP contribution < -0.4 is 0 Å². The molecule has 0 aliphatic heterocycles. The molecule has 0 aromatic heterocycles. The highest BCUT2D eigenvalue weighted by Gasteiger charge is 1.49. The second-order valence-corrected chi connectivity index (χ2v) is 0.577. The van der Waals surface area contributed by atoms with E-state index in [1.54, 1.807) is 0 Å². The summed E-state index contributed by atoms with van der Waals surface area (Å²) < 4.78 is 0. The van der Waals surface area contributed by atoms with Gasteiger partial charge in [0.2, 0.25) is 0 Å². The summed E-state index contributed by atoms with van der Waals surface area (Å²) in [4.78, 5) is 0. The van der Waals surface area contributed by atoms with Gasteiger partial charge in [0, 0.05) is 0 Å². The van der Waals surface area contributed by atoms with Crippen molar-refractivity contribution in [2.24, 2.45) is 0 Å². The summed E-state index contributed by atoms with van der Waals surface area (Å²) in [5.74, 6) is 0. The summed E-state index contributed by atoms with van der Waals surface area (Å²) in [6.45, 7) is 4.00. The molecule has 0 bridgehead atoms. The van der Waals surface area contributed by atoms with Crippen molar-refractivity contribution in [2.75, 3.05) is 0 Å². The largest absolute Gasteiger partial charge is 0.0768 e. The molecule has 1 heteroatoms. The molecule has 0 radical (unpaired) electrons. The highest BCUT2D eigenvalue weighted by atomic mass is 13.4. The summed E-state index contributed by atoms with van der Waals surface area (Å²) in [6.07, 6.45) is 2.00. The molecular formula is C3H11B. The molecule has 0 heterocycles. The van der Waals surface area contributed by atoms with E-state index >= 15 is 0 Å². The lowest BCUT2D eigenvalue weighted by atomic mass is 10.6. The molecule has 0 amide bonds. The zero-order chi connectivity index (χ0) is 2.71. The summed E-state index contributed by atoms with van der Waals surface area (Å²) in [6, 6.07) is 0. The van der Waals surface area contributed by atoms with Gasteiger partial charge >= 0.3 is 0 Å². The van der Waals surface area contributed by atoms with Crippen LogP contribution in [0.1, 0.15) is 13.8 Å². The Hall–Kier alpha value is -0.0651. The van der Waals surface area contributed by atoms with Gasteiger partial charge in [-0.15, -0.1) is 0 Å². The Bertz CT molecular complexity index is 3.25. The molecule has 0 nitrogen and oxygen atoms in total. The number of rotatable bonds is 0. The van der Waals surface area contributed by atoms with E-state index in [2.05, 4.69) is 0 Å². The maximum Gasteiger partial charge on any atom is 0.0768 e. The Balaban J connectivity index is 0. The molecular weight excluding hydrogens is 46.8 g/mol. The van der Waals surface area contributed by atoms with Crippen LogP contribution >= 0.6 is 0 Å². The van der Waals surface area contributed by atoms with E-state index in [0.29, 0.717) is 0 Å². The van der Waals surface area contributed by atoms with Gasteiger partial charge in [-0.1, -0.05) is 8.41 Å². The van der Waals surface area contributed by atoms with Gasteiger partial charge < -0.3 is 0 Å². The van der Waals surface area contributed by atoms with Crippen molar-refractivity contribution in [2.45, 2.75) is 13.8 Å². The molecule has 0 unspecified atom stereocenters. The average molecular weight is 57.9 g/mol. The first-order valence-electron chi connectivity index (χ1n) is 1.15. The SMILES string of the molecule is C[CH+]C.[BH4-]. The molecule has 0 atom stereocenters. The standard InChI is InChI=1S/C3H7.BH4/c1-3-2;/h3H,1-2H3;1H4/q+1;-1. The molecule has 26 valence electrons. The van der Waals surface area contributed by atoms with Gasteiger partial charge in [0.25, 0.3) is 0 Å². The lowest BCUT2D eigenvalue weighted by Crippen LogP contribution is -1.30. The van der Waals surface area contributed by atoms with Crippen LogP contribution in [-0.2, 0) is 0 Å². The van der Waals surface area contributed by atoms with Crippen LogP contribution in [0.3, 0.4) is 0 Å². The highest BCUT2D eigenvalue weighted by molar-refractivity contribution is 5.75. The fourth-order valence-electron chi connectivity index (χ4n) is 0. The minimum Gasteiger partial charge on any atom is -0.0626 e. The minimum absolute atomic E-state index is 0. The minimum atomic E-state index is 0. The summed E-state index contributed by atoms with van der Waals surface area (Å²) in [5, 5.41) is 0. The summed E-state index contributed by atoms with van der Waals surface area (Å²) in [7, 11) is 0. The van der Waals surface area contributed by atoms with Gasteiger partial charge in [-0.05, 0) is 0 Å². The van der Waals surface area contributed by atoms with Gasteiger partial charge in [0.1, 0.15) is 0 Å². The monoisotopic (exact) mass is 58.1 g/mol. The third-order valence-electron chi connectivity index (χ3n) is 0. The quantitative estimate of drug-likeness (QED) is 0.267. The van der Waals surface area contributed by atoms with Crippen molar-refractivity contribution in [1.82, 2.24) is 0 Å². The lowest BCUT2D eigenvalue weighted by Gasteiger charge is -1.34. The van der Waals surface area contributed by atoms with E-state index in [9.17, 15) is 0 Å². The Morgan fingerprint density at radius 1 is 1.25 bits per heavy atom. The number of hydrogen-bond acceptors (Lipinski definition) is 0. The first-order valence-corrected chi connectivity index (χ1v) is 1.15. The van der Waals surface area contributed by atoms with Crippen LogP contribution in [0.25, 0.3) is 0 Å². The first kappa shape index (κ1) is 9.05. The van der Waals surface area contributed by atoms with Crippen LogP contribution in [-0.4, -0.2) is 8.41 Å². The van der Waals surface area contributed by atoms with E-state index in [1.165, 1.54) is 0 Å². The summed E-state index contributed by atoms with van der Waals surface area (Å²) >= 11 is 0. The van der Waals surface area contributed by atoms with Gasteiger partial charge in [-0.25, -0.2) is 0 Å². The molecule has 0 saturated carbocycles. The van der Waals surface area contributed by atoms with E-state index in [1.807, 2.05) is 20.3 Å². The van der Waals surface area contributed by atoms with Crippen molar-refractivity contribution < 1.29 is 0 Å². The van der Waals surface area contributed by atoms with Crippen molar-refractivity contribution >= 4 is 8.41 Å². The first-order chi connectivity index (χ1) is 1.41. The van der Waals surface area contributed by atoms with E-state index in [0.717, 1.165) is 0 Å². The van der Waals surface area contributed by atoms with E-state index in [4.69, 9.17) is 0 Å². The average Bonchev–Trinajstić information content (AvgIpc) is 0.918. The van der Waals surface area contributed by atoms with E-state index in [-0.39, 0.29) is 8.41 Å². The lowest BCUT2D eigenvalue weighted by molar-refractivity contribution is 1.41. The van der Waals surface area contributed by atoms with Crippen molar-refractivity contribution in [1.29, 1.82) is 0 Å². The number of hydrogen-bond donors (Lipinski definition) is 0. The maximum absolute atomic E-state index is 2.00. The van der Waals surface area contributed by atoms with Crippen molar-refractivity contribution in [3.63, 3.8) is 0 Å².